The molecule has 1 aromatic heterocycles. The second kappa shape index (κ2) is 6.82. The van der Waals surface area contributed by atoms with Crippen LogP contribution >= 0.6 is 11.8 Å². The zero-order valence-electron chi connectivity index (χ0n) is 12.8. The molecule has 3 rings (SSSR count). The minimum absolute atomic E-state index is 0.179. The second-order valence-electron chi connectivity index (χ2n) is 6.18. The summed E-state index contributed by atoms with van der Waals surface area (Å²) in [5, 5.41) is 1.88. The van der Waals surface area contributed by atoms with E-state index in [1.807, 2.05) is 22.9 Å². The first-order chi connectivity index (χ1) is 10.2. The summed E-state index contributed by atoms with van der Waals surface area (Å²) in [7, 11) is 0. The smallest absolute Gasteiger partial charge is 0.219 e. The predicted molar refractivity (Wildman–Crippen MR) is 86.3 cm³/mol. The second-order valence-corrected chi connectivity index (χ2v) is 7.50. The lowest BCUT2D eigenvalue weighted by atomic mass is 10.0. The number of nitrogens with zero attached hydrogens (tertiary/aromatic N) is 2. The standard InChI is InChI=1S/C17H24N2OS/c1-13(20)19-11-5-8-16(19)14-9-10-17(18-12-14)21-15-6-3-2-4-7-15/h9-10,12,15-16H,2-8,11H2,1H3. The Kier molecular flexibility index (Phi) is 4.84. The Bertz CT molecular complexity index is 482. The zero-order chi connectivity index (χ0) is 14.7. The van der Waals surface area contributed by atoms with Gasteiger partial charge in [-0.05, 0) is 37.3 Å². The van der Waals surface area contributed by atoms with Crippen LogP contribution < -0.4 is 0 Å². The number of carbonyl (C=O) groups is 1. The highest BCUT2D eigenvalue weighted by molar-refractivity contribution is 7.99. The van der Waals surface area contributed by atoms with Gasteiger partial charge in [-0.3, -0.25) is 4.79 Å². The van der Waals surface area contributed by atoms with E-state index in [0.717, 1.165) is 29.7 Å². The van der Waals surface area contributed by atoms with E-state index < -0.39 is 0 Å². The van der Waals surface area contributed by atoms with Crippen molar-refractivity contribution in [3.8, 4) is 0 Å². The average molecular weight is 304 g/mol. The van der Waals surface area contributed by atoms with Crippen molar-refractivity contribution in [2.45, 2.75) is 68.2 Å². The summed E-state index contributed by atoms with van der Waals surface area (Å²) in [6.45, 7) is 2.55. The van der Waals surface area contributed by atoms with Crippen LogP contribution in [-0.4, -0.2) is 27.6 Å². The maximum Gasteiger partial charge on any atom is 0.219 e. The molecule has 4 heteroatoms. The fraction of sp³-hybridized carbons (Fsp3) is 0.647. The van der Waals surface area contributed by atoms with Gasteiger partial charge in [0.2, 0.25) is 5.91 Å². The molecule has 1 aromatic rings. The van der Waals surface area contributed by atoms with Crippen LogP contribution in [0.15, 0.2) is 23.4 Å². The van der Waals surface area contributed by atoms with E-state index in [-0.39, 0.29) is 11.9 Å². The lowest BCUT2D eigenvalue weighted by molar-refractivity contribution is -0.129. The van der Waals surface area contributed by atoms with Crippen LogP contribution in [0.3, 0.4) is 0 Å². The van der Waals surface area contributed by atoms with Crippen LogP contribution in [0.25, 0.3) is 0 Å². The molecule has 0 N–H and O–H groups in total. The molecule has 3 nitrogen and oxygen atoms in total. The van der Waals surface area contributed by atoms with Crippen molar-refractivity contribution in [3.05, 3.63) is 23.9 Å². The normalized spacial score (nSPS) is 23.5. The van der Waals surface area contributed by atoms with E-state index in [9.17, 15) is 4.79 Å². The fourth-order valence-corrected chi connectivity index (χ4v) is 4.67. The van der Waals surface area contributed by atoms with Crippen molar-refractivity contribution in [3.63, 3.8) is 0 Å². The number of pyridine rings is 1. The molecule has 2 aliphatic rings. The van der Waals surface area contributed by atoms with Crippen LogP contribution in [-0.2, 0) is 4.79 Å². The van der Waals surface area contributed by atoms with Crippen LogP contribution in [0.4, 0.5) is 0 Å². The van der Waals surface area contributed by atoms with Gasteiger partial charge < -0.3 is 4.90 Å². The molecule has 1 saturated carbocycles. The predicted octanol–water partition coefficient (Wildman–Crippen LogP) is 4.19. The lowest BCUT2D eigenvalue weighted by Crippen LogP contribution is -2.28. The molecule has 0 radical (unpaired) electrons. The van der Waals surface area contributed by atoms with E-state index >= 15 is 0 Å². The molecule has 1 amide bonds. The molecule has 21 heavy (non-hydrogen) atoms. The summed E-state index contributed by atoms with van der Waals surface area (Å²) in [4.78, 5) is 18.3. The summed E-state index contributed by atoms with van der Waals surface area (Å²) in [6, 6.07) is 4.55. The number of thioether (sulfide) groups is 1. The largest absolute Gasteiger partial charge is 0.336 e. The molecule has 1 aliphatic carbocycles. The average Bonchev–Trinajstić information content (AvgIpc) is 2.99. The van der Waals surface area contributed by atoms with E-state index in [1.165, 1.54) is 37.7 Å². The molecule has 0 bridgehead atoms. The number of hydrogen-bond donors (Lipinski definition) is 0. The van der Waals surface area contributed by atoms with Crippen molar-refractivity contribution < 1.29 is 4.79 Å². The van der Waals surface area contributed by atoms with Gasteiger partial charge >= 0.3 is 0 Å². The fourth-order valence-electron chi connectivity index (χ4n) is 3.50. The van der Waals surface area contributed by atoms with Gasteiger partial charge in [-0.25, -0.2) is 4.98 Å². The maximum absolute atomic E-state index is 11.7. The first-order valence-electron chi connectivity index (χ1n) is 8.14. The topological polar surface area (TPSA) is 33.2 Å². The molecule has 1 saturated heterocycles. The molecule has 1 unspecified atom stereocenters. The van der Waals surface area contributed by atoms with Gasteiger partial charge in [0.25, 0.3) is 0 Å². The molecule has 1 atom stereocenters. The third kappa shape index (κ3) is 3.60. The molecule has 1 aliphatic heterocycles. The Morgan fingerprint density at radius 3 is 2.67 bits per heavy atom. The third-order valence-electron chi connectivity index (χ3n) is 4.64. The van der Waals surface area contributed by atoms with Crippen LogP contribution in [0.1, 0.15) is 63.5 Å². The summed E-state index contributed by atoms with van der Waals surface area (Å²) in [5.74, 6) is 0.179. The maximum atomic E-state index is 11.7. The molecule has 0 spiro atoms. The van der Waals surface area contributed by atoms with Gasteiger partial charge in [0.15, 0.2) is 0 Å². The van der Waals surface area contributed by atoms with Crippen molar-refractivity contribution in [2.24, 2.45) is 0 Å². The van der Waals surface area contributed by atoms with Gasteiger partial charge in [0.1, 0.15) is 0 Å². The number of rotatable bonds is 3. The monoisotopic (exact) mass is 304 g/mol. The van der Waals surface area contributed by atoms with Crippen molar-refractivity contribution in [2.75, 3.05) is 6.54 Å². The molecule has 0 aromatic carbocycles. The summed E-state index contributed by atoms with van der Waals surface area (Å²) in [6.07, 6.45) is 10.9. The Morgan fingerprint density at radius 2 is 2.00 bits per heavy atom. The summed E-state index contributed by atoms with van der Waals surface area (Å²) >= 11 is 1.93. The van der Waals surface area contributed by atoms with E-state index in [2.05, 4.69) is 17.1 Å². The van der Waals surface area contributed by atoms with E-state index in [0.29, 0.717) is 0 Å². The molecule has 2 fully saturated rings. The number of likely N-dealkylation sites (tertiary alicyclic amines) is 1. The van der Waals surface area contributed by atoms with Crippen molar-refractivity contribution in [1.29, 1.82) is 0 Å². The highest BCUT2D eigenvalue weighted by Gasteiger charge is 2.28. The Labute approximate surface area is 131 Å². The van der Waals surface area contributed by atoms with Gasteiger partial charge in [-0.15, -0.1) is 11.8 Å². The number of aromatic nitrogens is 1. The van der Waals surface area contributed by atoms with Gasteiger partial charge in [0, 0.05) is 24.9 Å². The first kappa shape index (κ1) is 14.9. The highest BCUT2D eigenvalue weighted by atomic mass is 32.2. The molecule has 114 valence electrons. The number of hydrogen-bond acceptors (Lipinski definition) is 3. The third-order valence-corrected chi connectivity index (χ3v) is 5.93. The minimum atomic E-state index is 0.179. The van der Waals surface area contributed by atoms with Crippen molar-refractivity contribution >= 4 is 17.7 Å². The van der Waals surface area contributed by atoms with Crippen LogP contribution in [0.2, 0.25) is 0 Å². The highest BCUT2D eigenvalue weighted by Crippen LogP contribution is 2.35. The molecule has 2 heterocycles. The SMILES string of the molecule is CC(=O)N1CCCC1c1ccc(SC2CCCCC2)nc1. The quantitative estimate of drug-likeness (QED) is 0.839. The van der Waals surface area contributed by atoms with Crippen molar-refractivity contribution in [1.82, 2.24) is 9.88 Å². The van der Waals surface area contributed by atoms with Crippen LogP contribution in [0, 0.1) is 0 Å². The first-order valence-corrected chi connectivity index (χ1v) is 9.02. The molecular formula is C17H24N2OS. The Balaban J connectivity index is 1.64. The Morgan fingerprint density at radius 1 is 1.19 bits per heavy atom. The van der Waals surface area contributed by atoms with Crippen LogP contribution in [0.5, 0.6) is 0 Å². The number of amides is 1. The minimum Gasteiger partial charge on any atom is -0.336 e. The summed E-state index contributed by atoms with van der Waals surface area (Å²) in [5.41, 5.74) is 1.19. The van der Waals surface area contributed by atoms with E-state index in [1.54, 1.807) is 6.92 Å². The van der Waals surface area contributed by atoms with Gasteiger partial charge in [-0.1, -0.05) is 25.3 Å². The Hall–Kier alpha value is -1.03. The summed E-state index contributed by atoms with van der Waals surface area (Å²) < 4.78 is 0. The molecular weight excluding hydrogens is 280 g/mol. The van der Waals surface area contributed by atoms with E-state index in [4.69, 9.17) is 0 Å². The van der Waals surface area contributed by atoms with Gasteiger partial charge in [-0.2, -0.15) is 0 Å². The zero-order valence-corrected chi connectivity index (χ0v) is 13.6. The lowest BCUT2D eigenvalue weighted by Gasteiger charge is -2.24. The van der Waals surface area contributed by atoms with Gasteiger partial charge in [0.05, 0.1) is 11.1 Å². The number of carbonyl (C=O) groups excluding carboxylic acids is 1.